The van der Waals surface area contributed by atoms with Gasteiger partial charge >= 0.3 is 0 Å². The van der Waals surface area contributed by atoms with Crippen molar-refractivity contribution in [2.75, 3.05) is 6.61 Å². The molecule has 5 heteroatoms. The third-order valence-corrected chi connectivity index (χ3v) is 1.91. The summed E-state index contributed by atoms with van der Waals surface area (Å²) in [5.41, 5.74) is 0.990. The predicted molar refractivity (Wildman–Crippen MR) is 56.3 cm³/mol. The Hall–Kier alpha value is -0.940. The number of hydrogen-bond acceptors (Lipinski definition) is 3. The highest BCUT2D eigenvalue weighted by Gasteiger charge is 2.05. The van der Waals surface area contributed by atoms with Crippen LogP contribution in [0.3, 0.4) is 0 Å². The lowest BCUT2D eigenvalue weighted by molar-refractivity contribution is 0.00453. The zero-order chi connectivity index (χ0) is 12.0. The van der Waals surface area contributed by atoms with Crippen molar-refractivity contribution in [3.05, 3.63) is 23.7 Å². The normalized spacial score (nSPS) is 11.6. The van der Waals surface area contributed by atoms with Crippen LogP contribution in [0.25, 0.3) is 0 Å². The molecule has 0 aliphatic carbocycles. The first kappa shape index (κ1) is 13.1. The molecule has 0 fully saturated rings. The Bertz CT molecular complexity index is 300. The molecule has 0 saturated heterocycles. The van der Waals surface area contributed by atoms with Gasteiger partial charge in [0, 0.05) is 18.2 Å². The highest BCUT2D eigenvalue weighted by molar-refractivity contribution is 5.12. The van der Waals surface area contributed by atoms with Crippen molar-refractivity contribution in [3.8, 4) is 0 Å². The van der Waals surface area contributed by atoms with Crippen molar-refractivity contribution in [1.82, 2.24) is 5.32 Å². The minimum Gasteiger partial charge on any atom is -0.467 e. The average molecular weight is 233 g/mol. The van der Waals surface area contributed by atoms with Crippen molar-refractivity contribution >= 4 is 0 Å². The maximum atomic E-state index is 11.8. The van der Waals surface area contributed by atoms with Gasteiger partial charge in [-0.25, -0.2) is 8.78 Å². The van der Waals surface area contributed by atoms with Crippen LogP contribution in [0, 0.1) is 0 Å². The Morgan fingerprint density at radius 2 is 2.19 bits per heavy atom. The van der Waals surface area contributed by atoms with Crippen molar-refractivity contribution in [3.63, 3.8) is 0 Å². The van der Waals surface area contributed by atoms with Gasteiger partial charge in [0.2, 0.25) is 0 Å². The van der Waals surface area contributed by atoms with E-state index in [1.807, 2.05) is 13.8 Å². The Kier molecular flexibility index (Phi) is 5.42. The smallest absolute Gasteiger partial charge is 0.261 e. The van der Waals surface area contributed by atoms with Gasteiger partial charge in [0.15, 0.2) is 0 Å². The summed E-state index contributed by atoms with van der Waals surface area (Å²) in [6.07, 6.45) is -0.826. The van der Waals surface area contributed by atoms with Crippen molar-refractivity contribution < 1.29 is 17.9 Å². The molecule has 0 spiro atoms. The molecule has 1 aromatic heterocycles. The molecular formula is C11H17F2NO2. The number of nitrogens with one attached hydrogen (secondary N) is 1. The molecule has 0 aromatic carbocycles. The van der Waals surface area contributed by atoms with E-state index < -0.39 is 13.0 Å². The molecule has 0 radical (unpaired) electrons. The summed E-state index contributed by atoms with van der Waals surface area (Å²) in [6, 6.07) is 2.20. The maximum Gasteiger partial charge on any atom is 0.261 e. The highest BCUT2D eigenvalue weighted by Crippen LogP contribution is 2.09. The summed E-state index contributed by atoms with van der Waals surface area (Å²) < 4.78 is 33.5. The Balaban J connectivity index is 2.28. The molecule has 0 saturated carbocycles. The fraction of sp³-hybridized carbons (Fsp3) is 0.636. The molecule has 0 unspecified atom stereocenters. The van der Waals surface area contributed by atoms with Gasteiger partial charge in [0.05, 0.1) is 6.26 Å². The molecule has 1 N–H and O–H groups in total. The van der Waals surface area contributed by atoms with E-state index in [1.54, 1.807) is 12.3 Å². The molecule has 0 aliphatic heterocycles. The molecule has 1 rings (SSSR count). The summed E-state index contributed by atoms with van der Waals surface area (Å²) in [7, 11) is 0. The van der Waals surface area contributed by atoms with Gasteiger partial charge in [-0.05, 0) is 6.07 Å². The highest BCUT2D eigenvalue weighted by atomic mass is 19.3. The van der Waals surface area contributed by atoms with Crippen LogP contribution in [0.1, 0.15) is 25.2 Å². The first-order valence-electron chi connectivity index (χ1n) is 5.23. The molecule has 0 bridgehead atoms. The van der Waals surface area contributed by atoms with Crippen LogP contribution in [-0.2, 0) is 17.9 Å². The van der Waals surface area contributed by atoms with E-state index in [-0.39, 0.29) is 6.61 Å². The molecule has 16 heavy (non-hydrogen) atoms. The number of hydrogen-bond donors (Lipinski definition) is 1. The molecular weight excluding hydrogens is 216 g/mol. The Morgan fingerprint density at radius 3 is 2.81 bits per heavy atom. The molecule has 3 nitrogen and oxygen atoms in total. The number of rotatable bonds is 7. The van der Waals surface area contributed by atoms with Crippen LogP contribution < -0.4 is 5.32 Å². The number of furan rings is 1. The molecule has 0 amide bonds. The van der Waals surface area contributed by atoms with Gasteiger partial charge in [-0.3, -0.25) is 0 Å². The first-order valence-corrected chi connectivity index (χ1v) is 5.23. The zero-order valence-corrected chi connectivity index (χ0v) is 9.50. The third-order valence-electron chi connectivity index (χ3n) is 1.91. The monoisotopic (exact) mass is 233 g/mol. The van der Waals surface area contributed by atoms with Gasteiger partial charge in [0.25, 0.3) is 6.43 Å². The molecule has 1 aromatic rings. The summed E-state index contributed by atoms with van der Waals surface area (Å²) >= 11 is 0. The van der Waals surface area contributed by atoms with Gasteiger partial charge < -0.3 is 14.5 Å². The minimum atomic E-state index is -2.43. The second kappa shape index (κ2) is 6.60. The average Bonchev–Trinajstić information content (AvgIpc) is 2.62. The number of ether oxygens (including phenoxy) is 1. The van der Waals surface area contributed by atoms with Crippen molar-refractivity contribution in [2.45, 2.75) is 39.5 Å². The minimum absolute atomic E-state index is 0.0893. The lowest BCUT2D eigenvalue weighted by Crippen LogP contribution is -2.21. The maximum absolute atomic E-state index is 11.8. The van der Waals surface area contributed by atoms with E-state index >= 15 is 0 Å². The first-order chi connectivity index (χ1) is 7.58. The summed E-state index contributed by atoms with van der Waals surface area (Å²) in [4.78, 5) is 0. The Labute approximate surface area is 93.8 Å². The van der Waals surface area contributed by atoms with Crippen LogP contribution in [0.5, 0.6) is 0 Å². The van der Waals surface area contributed by atoms with Crippen LogP contribution in [0.15, 0.2) is 16.7 Å². The number of halogens is 2. The van der Waals surface area contributed by atoms with E-state index in [2.05, 4.69) is 5.32 Å². The second-order valence-corrected chi connectivity index (χ2v) is 3.86. The van der Waals surface area contributed by atoms with E-state index in [0.717, 1.165) is 5.56 Å². The lowest BCUT2D eigenvalue weighted by Gasteiger charge is -2.04. The van der Waals surface area contributed by atoms with Crippen molar-refractivity contribution in [1.29, 1.82) is 0 Å². The zero-order valence-electron chi connectivity index (χ0n) is 9.50. The molecule has 0 aliphatic rings. The van der Waals surface area contributed by atoms with E-state index in [4.69, 9.17) is 9.15 Å². The molecule has 92 valence electrons. The standard InChI is InChI=1S/C11H17F2NO2/c1-8(2)14-4-9-3-10(16-5-9)6-15-7-11(12)13/h3,5,8,11,14H,4,6-7H2,1-2H3. The van der Waals surface area contributed by atoms with Gasteiger partial charge in [-0.2, -0.15) is 0 Å². The SMILES string of the molecule is CC(C)NCc1coc(COCC(F)F)c1. The van der Waals surface area contributed by atoms with E-state index in [1.165, 1.54) is 0 Å². The van der Waals surface area contributed by atoms with E-state index in [9.17, 15) is 8.78 Å². The Morgan fingerprint density at radius 1 is 1.44 bits per heavy atom. The summed E-state index contributed by atoms with van der Waals surface area (Å²) in [5.74, 6) is 0.571. The predicted octanol–water partition coefficient (Wildman–Crippen LogP) is 2.56. The van der Waals surface area contributed by atoms with Crippen LogP contribution >= 0.6 is 0 Å². The van der Waals surface area contributed by atoms with Gasteiger partial charge in [-0.15, -0.1) is 0 Å². The number of alkyl halides is 2. The fourth-order valence-electron chi connectivity index (χ4n) is 1.17. The quantitative estimate of drug-likeness (QED) is 0.786. The van der Waals surface area contributed by atoms with Crippen LogP contribution in [0.2, 0.25) is 0 Å². The van der Waals surface area contributed by atoms with Gasteiger partial charge in [-0.1, -0.05) is 13.8 Å². The van der Waals surface area contributed by atoms with Crippen LogP contribution in [-0.4, -0.2) is 19.1 Å². The summed E-state index contributed by atoms with van der Waals surface area (Å²) in [6.45, 7) is 4.34. The lowest BCUT2D eigenvalue weighted by atomic mass is 10.3. The van der Waals surface area contributed by atoms with Crippen molar-refractivity contribution in [2.24, 2.45) is 0 Å². The van der Waals surface area contributed by atoms with Crippen LogP contribution in [0.4, 0.5) is 8.78 Å². The van der Waals surface area contributed by atoms with Gasteiger partial charge in [0.1, 0.15) is 19.0 Å². The molecule has 1 heterocycles. The fourth-order valence-corrected chi connectivity index (χ4v) is 1.17. The third kappa shape index (κ3) is 5.23. The largest absolute Gasteiger partial charge is 0.467 e. The van der Waals surface area contributed by atoms with E-state index in [0.29, 0.717) is 18.3 Å². The topological polar surface area (TPSA) is 34.4 Å². The second-order valence-electron chi connectivity index (χ2n) is 3.86. The summed E-state index contributed by atoms with van der Waals surface area (Å²) in [5, 5.41) is 3.23. The molecule has 0 atom stereocenters.